The number of piperidine rings is 1. The predicted octanol–water partition coefficient (Wildman–Crippen LogP) is 3.63. The third-order valence-corrected chi connectivity index (χ3v) is 5.23. The minimum Gasteiger partial charge on any atom is -0.492 e. The lowest BCUT2D eigenvalue weighted by Crippen LogP contribution is -2.35. The molecule has 30 heavy (non-hydrogen) atoms. The Hall–Kier alpha value is -2.93. The molecule has 2 aromatic carbocycles. The first-order valence-electron chi connectivity index (χ1n) is 10.2. The van der Waals surface area contributed by atoms with E-state index in [4.69, 9.17) is 24.7 Å². The van der Waals surface area contributed by atoms with E-state index in [0.717, 1.165) is 44.3 Å². The maximum Gasteiger partial charge on any atom is 0.257 e. The minimum absolute atomic E-state index is 0.101. The number of benzene rings is 2. The van der Waals surface area contributed by atoms with Crippen LogP contribution < -0.4 is 24.7 Å². The van der Waals surface area contributed by atoms with E-state index in [9.17, 15) is 4.79 Å². The summed E-state index contributed by atoms with van der Waals surface area (Å²) in [4.78, 5) is 15.1. The highest BCUT2D eigenvalue weighted by Gasteiger charge is 2.29. The second kappa shape index (κ2) is 10.2. The summed E-state index contributed by atoms with van der Waals surface area (Å²) in [5.74, 6) is 1.96. The zero-order valence-corrected chi connectivity index (χ0v) is 17.9. The number of hydrogen-bond donors (Lipinski definition) is 1. The average molecular weight is 415 g/mol. The van der Waals surface area contributed by atoms with Gasteiger partial charge in [-0.2, -0.15) is 0 Å². The van der Waals surface area contributed by atoms with E-state index in [0.29, 0.717) is 40.9 Å². The van der Waals surface area contributed by atoms with Crippen molar-refractivity contribution in [2.24, 2.45) is 5.73 Å². The first-order chi connectivity index (χ1) is 14.6. The van der Waals surface area contributed by atoms with Gasteiger partial charge in [-0.3, -0.25) is 4.79 Å². The zero-order chi connectivity index (χ0) is 21.5. The van der Waals surface area contributed by atoms with Crippen LogP contribution in [0.15, 0.2) is 30.3 Å². The van der Waals surface area contributed by atoms with Crippen LogP contribution in [0.2, 0.25) is 0 Å². The van der Waals surface area contributed by atoms with Crippen LogP contribution in [0, 0.1) is 0 Å². The lowest BCUT2D eigenvalue weighted by atomic mass is 10.1. The molecule has 1 heterocycles. The number of nitrogens with two attached hydrogens (primary N) is 1. The summed E-state index contributed by atoms with van der Waals surface area (Å²) >= 11 is 0. The molecule has 0 bridgehead atoms. The zero-order valence-electron chi connectivity index (χ0n) is 17.9. The van der Waals surface area contributed by atoms with Crippen LogP contribution in [0.3, 0.4) is 0 Å². The Kier molecular flexibility index (Phi) is 7.41. The Bertz CT molecular complexity index is 861. The van der Waals surface area contributed by atoms with Crippen LogP contribution in [-0.4, -0.2) is 51.8 Å². The fourth-order valence-electron chi connectivity index (χ4n) is 3.70. The molecule has 0 aromatic heterocycles. The summed E-state index contributed by atoms with van der Waals surface area (Å²) in [5.41, 5.74) is 7.14. The van der Waals surface area contributed by atoms with Crippen LogP contribution >= 0.6 is 0 Å². The highest BCUT2D eigenvalue weighted by Crippen LogP contribution is 2.48. The summed E-state index contributed by atoms with van der Waals surface area (Å²) in [5, 5.41) is 0. The molecule has 7 nitrogen and oxygen atoms in total. The van der Waals surface area contributed by atoms with Crippen molar-refractivity contribution in [1.29, 1.82) is 0 Å². The van der Waals surface area contributed by atoms with E-state index in [-0.39, 0.29) is 5.91 Å². The number of methoxy groups -OCH3 is 3. The normalized spacial score (nSPS) is 13.7. The molecular formula is C23H30N2O5. The van der Waals surface area contributed by atoms with Crippen molar-refractivity contribution < 1.29 is 23.7 Å². The highest BCUT2D eigenvalue weighted by atomic mass is 16.5. The van der Waals surface area contributed by atoms with Crippen molar-refractivity contribution in [1.82, 2.24) is 4.90 Å². The Labute approximate surface area is 177 Å². The second-order valence-corrected chi connectivity index (χ2v) is 7.16. The van der Waals surface area contributed by atoms with Gasteiger partial charge in [-0.15, -0.1) is 0 Å². The molecule has 1 amide bonds. The van der Waals surface area contributed by atoms with Gasteiger partial charge in [0, 0.05) is 19.2 Å². The van der Waals surface area contributed by atoms with Crippen molar-refractivity contribution in [3.63, 3.8) is 0 Å². The van der Waals surface area contributed by atoms with E-state index >= 15 is 0 Å². The van der Waals surface area contributed by atoms with Crippen LogP contribution in [0.5, 0.6) is 28.7 Å². The van der Waals surface area contributed by atoms with E-state index < -0.39 is 0 Å². The summed E-state index contributed by atoms with van der Waals surface area (Å²) in [6.07, 6.45) is 3.94. The molecule has 0 atom stereocenters. The van der Waals surface area contributed by atoms with Gasteiger partial charge < -0.3 is 29.6 Å². The Morgan fingerprint density at radius 3 is 2.13 bits per heavy atom. The molecule has 1 aliphatic heterocycles. The summed E-state index contributed by atoms with van der Waals surface area (Å²) in [7, 11) is 4.56. The van der Waals surface area contributed by atoms with Crippen molar-refractivity contribution in [2.45, 2.75) is 25.7 Å². The Morgan fingerprint density at radius 2 is 1.57 bits per heavy atom. The maximum atomic E-state index is 13.3. The number of carbonyl (C=O) groups is 1. The van der Waals surface area contributed by atoms with Crippen LogP contribution in [0.25, 0.3) is 0 Å². The third kappa shape index (κ3) is 4.62. The first-order valence-corrected chi connectivity index (χ1v) is 10.2. The second-order valence-electron chi connectivity index (χ2n) is 7.16. The SMILES string of the molecule is COc1c(Oc2ccc(CCN)cc2)cc(C(=O)N2CCCCC2)c(OC)c1OC. The standard InChI is InChI=1S/C23H30N2O5/c1-27-20-18(23(26)25-13-5-4-6-14-25)15-19(21(28-2)22(20)29-3)30-17-9-7-16(8-10-17)11-12-24/h7-10,15H,4-6,11-14,24H2,1-3H3. The van der Waals surface area contributed by atoms with Gasteiger partial charge in [-0.1, -0.05) is 12.1 Å². The first kappa shape index (κ1) is 21.8. The Balaban J connectivity index is 2.01. The fraction of sp³-hybridized carbons (Fsp3) is 0.435. The molecule has 0 saturated carbocycles. The highest BCUT2D eigenvalue weighted by molar-refractivity contribution is 5.99. The third-order valence-electron chi connectivity index (χ3n) is 5.23. The number of nitrogens with zero attached hydrogens (tertiary/aromatic N) is 1. The quantitative estimate of drug-likeness (QED) is 0.710. The predicted molar refractivity (Wildman–Crippen MR) is 115 cm³/mol. The molecule has 0 unspecified atom stereocenters. The van der Waals surface area contributed by atoms with Crippen molar-refractivity contribution >= 4 is 5.91 Å². The molecule has 1 saturated heterocycles. The van der Waals surface area contributed by atoms with Gasteiger partial charge in [0.2, 0.25) is 11.5 Å². The van der Waals surface area contributed by atoms with Crippen LogP contribution in [0.1, 0.15) is 35.2 Å². The minimum atomic E-state index is -0.101. The van der Waals surface area contributed by atoms with E-state index in [2.05, 4.69) is 0 Å². The molecule has 1 aliphatic rings. The van der Waals surface area contributed by atoms with E-state index in [1.165, 1.54) is 21.3 Å². The van der Waals surface area contributed by atoms with Crippen molar-refractivity contribution in [3.05, 3.63) is 41.5 Å². The molecule has 1 fully saturated rings. The molecule has 2 N–H and O–H groups in total. The van der Waals surface area contributed by atoms with Crippen LogP contribution in [0.4, 0.5) is 0 Å². The largest absolute Gasteiger partial charge is 0.492 e. The van der Waals surface area contributed by atoms with Gasteiger partial charge in [-0.25, -0.2) is 0 Å². The van der Waals surface area contributed by atoms with Gasteiger partial charge in [0.1, 0.15) is 5.75 Å². The number of ether oxygens (including phenoxy) is 4. The average Bonchev–Trinajstić information content (AvgIpc) is 2.79. The topological polar surface area (TPSA) is 83.3 Å². The molecule has 162 valence electrons. The maximum absolute atomic E-state index is 13.3. The molecule has 0 spiro atoms. The van der Waals surface area contributed by atoms with Gasteiger partial charge in [0.15, 0.2) is 11.5 Å². The summed E-state index contributed by atoms with van der Waals surface area (Å²) in [6, 6.07) is 9.34. The molecule has 7 heteroatoms. The number of amides is 1. The monoisotopic (exact) mass is 414 g/mol. The van der Waals surface area contributed by atoms with Crippen LogP contribution in [-0.2, 0) is 6.42 Å². The van der Waals surface area contributed by atoms with Gasteiger partial charge in [-0.05, 0) is 49.9 Å². The summed E-state index contributed by atoms with van der Waals surface area (Å²) in [6.45, 7) is 2.05. The lowest BCUT2D eigenvalue weighted by molar-refractivity contribution is 0.0719. The molecular weight excluding hydrogens is 384 g/mol. The molecule has 0 radical (unpaired) electrons. The number of hydrogen-bond acceptors (Lipinski definition) is 6. The number of carbonyl (C=O) groups excluding carboxylic acids is 1. The van der Waals surface area contributed by atoms with E-state index in [1.807, 2.05) is 29.2 Å². The molecule has 2 aromatic rings. The van der Waals surface area contributed by atoms with E-state index in [1.54, 1.807) is 6.07 Å². The number of likely N-dealkylation sites (tertiary alicyclic amines) is 1. The molecule has 0 aliphatic carbocycles. The van der Waals surface area contributed by atoms with Crippen molar-refractivity contribution in [2.75, 3.05) is 41.0 Å². The van der Waals surface area contributed by atoms with Gasteiger partial charge in [0.25, 0.3) is 5.91 Å². The summed E-state index contributed by atoms with van der Waals surface area (Å²) < 4.78 is 22.7. The fourth-order valence-corrected chi connectivity index (χ4v) is 3.70. The van der Waals surface area contributed by atoms with Crippen molar-refractivity contribution in [3.8, 4) is 28.7 Å². The molecule has 3 rings (SSSR count). The van der Waals surface area contributed by atoms with Gasteiger partial charge in [0.05, 0.1) is 26.9 Å². The Morgan fingerprint density at radius 1 is 0.933 bits per heavy atom. The lowest BCUT2D eigenvalue weighted by Gasteiger charge is -2.28. The smallest absolute Gasteiger partial charge is 0.257 e. The van der Waals surface area contributed by atoms with Gasteiger partial charge >= 0.3 is 0 Å². The number of rotatable bonds is 8.